The zero-order chi connectivity index (χ0) is 25.1. The van der Waals surface area contributed by atoms with Crippen molar-refractivity contribution in [1.82, 2.24) is 4.90 Å². The van der Waals surface area contributed by atoms with Crippen LogP contribution in [0, 0.1) is 13.8 Å². The number of halogens is 3. The molecule has 1 aliphatic heterocycles. The molecule has 1 aliphatic rings. The summed E-state index contributed by atoms with van der Waals surface area (Å²) in [5.41, 5.74) is 3.08. The third-order valence-corrected chi connectivity index (χ3v) is 6.88. The standard InChI is InChI=1S/C27H25Cl3N2O3/c1-17-4-3-5-18(2)24(17)32(26(33)22-11-10-21(29)16-23(22)30)27(34)25(31-12-14-35-15-13-31)19-6-8-20(28)9-7-19/h3-11,16,25H,12-15H2,1-2H3. The normalized spacial score (nSPS) is 15.0. The van der Waals surface area contributed by atoms with E-state index in [9.17, 15) is 9.59 Å². The number of amides is 2. The van der Waals surface area contributed by atoms with Crippen molar-refractivity contribution in [2.75, 3.05) is 31.2 Å². The van der Waals surface area contributed by atoms with Gasteiger partial charge in [0.05, 0.1) is 29.5 Å². The number of rotatable bonds is 5. The fraction of sp³-hybridized carbons (Fsp3) is 0.259. The summed E-state index contributed by atoms with van der Waals surface area (Å²) >= 11 is 18.6. The minimum atomic E-state index is -0.717. The van der Waals surface area contributed by atoms with E-state index in [-0.39, 0.29) is 16.5 Å². The lowest BCUT2D eigenvalue weighted by molar-refractivity contribution is -0.125. The van der Waals surface area contributed by atoms with Crippen LogP contribution in [0.25, 0.3) is 0 Å². The van der Waals surface area contributed by atoms with E-state index in [0.29, 0.717) is 42.0 Å². The molecule has 1 unspecified atom stereocenters. The number of ether oxygens (including phenoxy) is 1. The van der Waals surface area contributed by atoms with Crippen molar-refractivity contribution in [3.05, 3.63) is 98.0 Å². The molecule has 0 aromatic heterocycles. The number of carbonyl (C=O) groups excluding carboxylic acids is 2. The molecule has 1 fully saturated rings. The molecule has 35 heavy (non-hydrogen) atoms. The van der Waals surface area contributed by atoms with E-state index in [0.717, 1.165) is 16.7 Å². The van der Waals surface area contributed by atoms with Gasteiger partial charge in [0.15, 0.2) is 0 Å². The van der Waals surface area contributed by atoms with E-state index < -0.39 is 11.9 Å². The average molecular weight is 532 g/mol. The summed E-state index contributed by atoms with van der Waals surface area (Å²) < 4.78 is 5.53. The first-order chi connectivity index (χ1) is 16.8. The summed E-state index contributed by atoms with van der Waals surface area (Å²) in [7, 11) is 0. The van der Waals surface area contributed by atoms with E-state index in [1.165, 1.54) is 11.0 Å². The fourth-order valence-electron chi connectivity index (χ4n) is 4.37. The van der Waals surface area contributed by atoms with Gasteiger partial charge in [-0.1, -0.05) is 65.1 Å². The van der Waals surface area contributed by atoms with Gasteiger partial charge in [-0.2, -0.15) is 0 Å². The Bertz CT molecular complexity index is 1220. The molecular formula is C27H25Cl3N2O3. The van der Waals surface area contributed by atoms with Gasteiger partial charge in [-0.25, -0.2) is 4.90 Å². The largest absolute Gasteiger partial charge is 0.379 e. The lowest BCUT2D eigenvalue weighted by atomic mass is 10.00. The molecule has 0 aliphatic carbocycles. The van der Waals surface area contributed by atoms with Crippen LogP contribution >= 0.6 is 34.8 Å². The number of anilines is 1. The van der Waals surface area contributed by atoms with Gasteiger partial charge in [0.1, 0.15) is 6.04 Å². The second-order valence-corrected chi connectivity index (χ2v) is 9.73. The molecule has 1 heterocycles. The van der Waals surface area contributed by atoms with E-state index in [2.05, 4.69) is 0 Å². The zero-order valence-corrected chi connectivity index (χ0v) is 21.7. The average Bonchev–Trinajstić information content (AvgIpc) is 2.83. The molecule has 5 nitrogen and oxygen atoms in total. The molecule has 8 heteroatoms. The molecule has 0 saturated carbocycles. The number of hydrogen-bond donors (Lipinski definition) is 0. The van der Waals surface area contributed by atoms with Gasteiger partial charge in [-0.3, -0.25) is 14.5 Å². The molecule has 0 bridgehead atoms. The maximum atomic E-state index is 14.4. The molecule has 3 aromatic rings. The zero-order valence-electron chi connectivity index (χ0n) is 19.4. The van der Waals surface area contributed by atoms with Crippen LogP contribution in [0.4, 0.5) is 5.69 Å². The lowest BCUT2D eigenvalue weighted by Crippen LogP contribution is -2.49. The third-order valence-electron chi connectivity index (χ3n) is 6.08. The van der Waals surface area contributed by atoms with E-state index in [4.69, 9.17) is 39.5 Å². The van der Waals surface area contributed by atoms with Crippen LogP contribution in [0.2, 0.25) is 15.1 Å². The van der Waals surface area contributed by atoms with Crippen LogP contribution in [-0.4, -0.2) is 43.0 Å². The van der Waals surface area contributed by atoms with E-state index >= 15 is 0 Å². The van der Waals surface area contributed by atoms with Gasteiger partial charge in [0.2, 0.25) is 0 Å². The van der Waals surface area contributed by atoms with Gasteiger partial charge in [-0.15, -0.1) is 0 Å². The van der Waals surface area contributed by atoms with E-state index in [1.54, 1.807) is 24.3 Å². The number of carbonyl (C=O) groups is 2. The highest BCUT2D eigenvalue weighted by molar-refractivity contribution is 6.38. The summed E-state index contributed by atoms with van der Waals surface area (Å²) in [4.78, 5) is 31.7. The van der Waals surface area contributed by atoms with Crippen molar-refractivity contribution in [2.45, 2.75) is 19.9 Å². The summed E-state index contributed by atoms with van der Waals surface area (Å²) in [6.45, 7) is 5.86. The number of para-hydroxylation sites is 1. The summed E-state index contributed by atoms with van der Waals surface area (Å²) in [5, 5.41) is 1.15. The number of morpholine rings is 1. The van der Waals surface area contributed by atoms with Crippen LogP contribution in [0.15, 0.2) is 60.7 Å². The lowest BCUT2D eigenvalue weighted by Gasteiger charge is -2.37. The van der Waals surface area contributed by atoms with Crippen LogP contribution in [-0.2, 0) is 9.53 Å². The van der Waals surface area contributed by atoms with Crippen LogP contribution in [0.5, 0.6) is 0 Å². The highest BCUT2D eigenvalue weighted by atomic mass is 35.5. The van der Waals surface area contributed by atoms with Gasteiger partial charge >= 0.3 is 0 Å². The molecule has 3 aromatic carbocycles. The first kappa shape index (κ1) is 25.7. The molecule has 1 atom stereocenters. The van der Waals surface area contributed by atoms with Crippen LogP contribution in [0.3, 0.4) is 0 Å². The molecule has 1 saturated heterocycles. The minimum absolute atomic E-state index is 0.181. The first-order valence-electron chi connectivity index (χ1n) is 11.2. The Kier molecular flexibility index (Phi) is 8.15. The highest BCUT2D eigenvalue weighted by Crippen LogP contribution is 2.34. The number of nitrogens with zero attached hydrogens (tertiary/aromatic N) is 2. The Balaban J connectivity index is 1.88. The first-order valence-corrected chi connectivity index (χ1v) is 12.4. The molecule has 4 rings (SSSR count). The smallest absolute Gasteiger partial charge is 0.266 e. The summed E-state index contributed by atoms with van der Waals surface area (Å²) in [6.07, 6.45) is 0. The molecule has 182 valence electrons. The summed E-state index contributed by atoms with van der Waals surface area (Å²) in [6, 6.07) is 16.7. The number of hydrogen-bond acceptors (Lipinski definition) is 4. The van der Waals surface area contributed by atoms with Crippen molar-refractivity contribution in [1.29, 1.82) is 0 Å². The molecule has 0 N–H and O–H groups in total. The van der Waals surface area contributed by atoms with Crippen LogP contribution < -0.4 is 4.90 Å². The predicted molar refractivity (Wildman–Crippen MR) is 141 cm³/mol. The fourth-order valence-corrected chi connectivity index (χ4v) is 4.98. The van der Waals surface area contributed by atoms with Crippen molar-refractivity contribution >= 4 is 52.3 Å². The molecule has 2 amide bonds. The van der Waals surface area contributed by atoms with Crippen molar-refractivity contribution < 1.29 is 14.3 Å². The Labute approximate surface area is 220 Å². The molecular weight excluding hydrogens is 507 g/mol. The molecule has 0 radical (unpaired) electrons. The monoisotopic (exact) mass is 530 g/mol. The topological polar surface area (TPSA) is 49.9 Å². The quantitative estimate of drug-likeness (QED) is 0.377. The third kappa shape index (κ3) is 5.55. The van der Waals surface area contributed by atoms with Crippen LogP contribution in [0.1, 0.15) is 33.1 Å². The predicted octanol–water partition coefficient (Wildman–Crippen LogP) is 6.51. The Morgan fingerprint density at radius 3 is 2.09 bits per heavy atom. The van der Waals surface area contributed by atoms with Crippen molar-refractivity contribution in [2.24, 2.45) is 0 Å². The van der Waals surface area contributed by atoms with Gasteiger partial charge in [0, 0.05) is 23.1 Å². The Morgan fingerprint density at radius 1 is 0.886 bits per heavy atom. The van der Waals surface area contributed by atoms with Gasteiger partial charge < -0.3 is 4.74 Å². The number of aryl methyl sites for hydroxylation is 2. The summed E-state index contributed by atoms with van der Waals surface area (Å²) in [5.74, 6) is -0.885. The number of benzene rings is 3. The Morgan fingerprint density at radius 2 is 1.49 bits per heavy atom. The maximum Gasteiger partial charge on any atom is 0.266 e. The van der Waals surface area contributed by atoms with Gasteiger partial charge in [-0.05, 0) is 60.9 Å². The SMILES string of the molecule is Cc1cccc(C)c1N(C(=O)c1ccc(Cl)cc1Cl)C(=O)C(c1ccc(Cl)cc1)N1CCOCC1. The Hall–Kier alpha value is -2.41. The second-order valence-electron chi connectivity index (χ2n) is 8.45. The minimum Gasteiger partial charge on any atom is -0.379 e. The van der Waals surface area contributed by atoms with Crippen molar-refractivity contribution in [3.8, 4) is 0 Å². The second kappa shape index (κ2) is 11.1. The highest BCUT2D eigenvalue weighted by Gasteiger charge is 2.38. The maximum absolute atomic E-state index is 14.4. The van der Waals surface area contributed by atoms with E-state index in [1.807, 2.05) is 49.1 Å². The van der Waals surface area contributed by atoms with Gasteiger partial charge in [0.25, 0.3) is 11.8 Å². The van der Waals surface area contributed by atoms with Crippen molar-refractivity contribution in [3.63, 3.8) is 0 Å². The number of imide groups is 1. The molecule has 0 spiro atoms.